The lowest BCUT2D eigenvalue weighted by molar-refractivity contribution is -0.142. The first kappa shape index (κ1) is 12.3. The van der Waals surface area contributed by atoms with Gasteiger partial charge in [-0.25, -0.2) is 4.98 Å². The molecule has 0 aliphatic heterocycles. The monoisotopic (exact) mass is 263 g/mol. The second kappa shape index (κ2) is 4.24. The van der Waals surface area contributed by atoms with Crippen molar-refractivity contribution in [2.75, 3.05) is 7.11 Å². The second-order valence-electron chi connectivity index (χ2n) is 3.09. The van der Waals surface area contributed by atoms with Gasteiger partial charge in [0.2, 0.25) is 17.7 Å². The topological polar surface area (TPSA) is 61.0 Å². The van der Waals surface area contributed by atoms with Gasteiger partial charge in [-0.1, -0.05) is 0 Å². The molecule has 0 amide bonds. The van der Waals surface area contributed by atoms with E-state index in [1.165, 1.54) is 0 Å². The zero-order valence-corrected chi connectivity index (χ0v) is 8.82. The molecule has 0 aromatic carbocycles. The van der Waals surface area contributed by atoms with Crippen LogP contribution in [0.15, 0.2) is 17.0 Å². The predicted octanol–water partition coefficient (Wildman–Crippen LogP) is 2.30. The van der Waals surface area contributed by atoms with Gasteiger partial charge in [-0.15, -0.1) is 0 Å². The summed E-state index contributed by atoms with van der Waals surface area (Å²) in [6.07, 6.45) is -2.79. The number of aromatic nitrogens is 3. The van der Waals surface area contributed by atoms with Gasteiger partial charge in [-0.05, 0) is 0 Å². The molecule has 0 fully saturated rings. The third-order valence-electron chi connectivity index (χ3n) is 1.96. The van der Waals surface area contributed by atoms with Crippen LogP contribution in [0.3, 0.4) is 0 Å². The second-order valence-corrected chi connectivity index (χ2v) is 3.09. The molecule has 0 spiro atoms. The van der Waals surface area contributed by atoms with Crippen LogP contribution >= 0.6 is 0 Å². The average molecular weight is 263 g/mol. The van der Waals surface area contributed by atoms with Crippen molar-refractivity contribution in [3.05, 3.63) is 24.1 Å². The fourth-order valence-corrected chi connectivity index (χ4v) is 1.24. The predicted molar refractivity (Wildman–Crippen MR) is 49.0 cm³/mol. The summed E-state index contributed by atoms with van der Waals surface area (Å²) >= 11 is 0. The number of nitrogens with zero attached hydrogens (tertiary/aromatic N) is 3. The van der Waals surface area contributed by atoms with E-state index < -0.39 is 23.6 Å². The van der Waals surface area contributed by atoms with Gasteiger partial charge in [0.25, 0.3) is 0 Å². The molecular weight excluding hydrogens is 258 g/mol. The Balaban J connectivity index is 2.61. The molecule has 2 rings (SSSR count). The molecule has 96 valence electrons. The summed E-state index contributed by atoms with van der Waals surface area (Å²) in [7, 11) is 0.946. The minimum Gasteiger partial charge on any atom is -0.480 e. The number of rotatable bonds is 2. The molecule has 2 heterocycles. The van der Waals surface area contributed by atoms with E-state index in [9.17, 15) is 17.6 Å². The van der Waals surface area contributed by atoms with Crippen molar-refractivity contribution in [3.8, 4) is 17.5 Å². The van der Waals surface area contributed by atoms with Crippen LogP contribution in [0.1, 0.15) is 5.56 Å². The summed E-state index contributed by atoms with van der Waals surface area (Å²) in [5, 5.41) is 0. The molecule has 2 aromatic rings. The smallest absolute Gasteiger partial charge is 0.426 e. The van der Waals surface area contributed by atoms with E-state index >= 15 is 0 Å². The maximum absolute atomic E-state index is 13.4. The van der Waals surface area contributed by atoms with Crippen molar-refractivity contribution in [1.82, 2.24) is 15.0 Å². The van der Waals surface area contributed by atoms with Crippen LogP contribution in [0.5, 0.6) is 5.88 Å². The third kappa shape index (κ3) is 2.11. The van der Waals surface area contributed by atoms with E-state index in [1.807, 2.05) is 0 Å². The Bertz CT molecular complexity index is 554. The van der Waals surface area contributed by atoms with Crippen LogP contribution in [0.2, 0.25) is 0 Å². The van der Waals surface area contributed by atoms with E-state index in [0.717, 1.165) is 19.7 Å². The Labute approximate surface area is 97.4 Å². The van der Waals surface area contributed by atoms with Gasteiger partial charge in [0, 0.05) is 0 Å². The Morgan fingerprint density at radius 3 is 2.50 bits per heavy atom. The zero-order valence-electron chi connectivity index (χ0n) is 8.82. The van der Waals surface area contributed by atoms with Crippen LogP contribution in [0, 0.1) is 5.95 Å². The van der Waals surface area contributed by atoms with Gasteiger partial charge in [0.15, 0.2) is 17.7 Å². The summed E-state index contributed by atoms with van der Waals surface area (Å²) in [5.74, 6) is -3.10. The summed E-state index contributed by atoms with van der Waals surface area (Å²) in [4.78, 5) is 10.0. The van der Waals surface area contributed by atoms with Crippen LogP contribution in [0.4, 0.5) is 17.6 Å². The Morgan fingerprint density at radius 2 is 2.00 bits per heavy atom. The molecule has 0 saturated heterocycles. The first-order valence-corrected chi connectivity index (χ1v) is 4.51. The van der Waals surface area contributed by atoms with Crippen molar-refractivity contribution in [2.45, 2.75) is 6.18 Å². The van der Waals surface area contributed by atoms with E-state index in [0.29, 0.717) is 0 Å². The summed E-state index contributed by atoms with van der Waals surface area (Å²) < 4.78 is 60.2. The number of hydrogen-bond donors (Lipinski definition) is 0. The Morgan fingerprint density at radius 1 is 1.28 bits per heavy atom. The van der Waals surface area contributed by atoms with Crippen LogP contribution < -0.4 is 4.74 Å². The molecule has 0 saturated carbocycles. The fourth-order valence-electron chi connectivity index (χ4n) is 1.24. The molecular formula is C9H5F4N3O2. The van der Waals surface area contributed by atoms with E-state index in [-0.39, 0.29) is 11.6 Å². The molecule has 5 nitrogen and oxygen atoms in total. The molecule has 9 heteroatoms. The highest BCUT2D eigenvalue weighted by molar-refractivity contribution is 5.47. The minimum absolute atomic E-state index is 0.0686. The van der Waals surface area contributed by atoms with Crippen LogP contribution in [0.25, 0.3) is 11.6 Å². The fraction of sp³-hybridized carbons (Fsp3) is 0.222. The molecule has 18 heavy (non-hydrogen) atoms. The number of ether oxygens (including phenoxy) is 1. The zero-order chi connectivity index (χ0) is 13.3. The lowest BCUT2D eigenvalue weighted by Crippen LogP contribution is -2.14. The molecule has 0 bridgehead atoms. The SMILES string of the molecule is COc1nc(-c2cnco2)nc(F)c1C(F)(F)F. The number of oxazole rings is 1. The quantitative estimate of drug-likeness (QED) is 0.614. The summed E-state index contributed by atoms with van der Waals surface area (Å²) in [5.41, 5.74) is -1.66. The van der Waals surface area contributed by atoms with Crippen molar-refractivity contribution in [2.24, 2.45) is 0 Å². The molecule has 0 radical (unpaired) electrons. The minimum atomic E-state index is -4.95. The highest BCUT2D eigenvalue weighted by Crippen LogP contribution is 2.37. The van der Waals surface area contributed by atoms with Gasteiger partial charge in [-0.2, -0.15) is 27.5 Å². The van der Waals surface area contributed by atoms with Crippen molar-refractivity contribution in [3.63, 3.8) is 0 Å². The van der Waals surface area contributed by atoms with Gasteiger partial charge >= 0.3 is 6.18 Å². The van der Waals surface area contributed by atoms with Crippen LogP contribution in [-0.4, -0.2) is 22.1 Å². The largest absolute Gasteiger partial charge is 0.480 e. The van der Waals surface area contributed by atoms with E-state index in [2.05, 4.69) is 19.7 Å². The molecule has 0 aliphatic carbocycles. The number of halogens is 4. The lowest BCUT2D eigenvalue weighted by Gasteiger charge is -2.11. The van der Waals surface area contributed by atoms with Crippen molar-refractivity contribution >= 4 is 0 Å². The van der Waals surface area contributed by atoms with E-state index in [1.54, 1.807) is 0 Å². The molecule has 0 atom stereocenters. The summed E-state index contributed by atoms with van der Waals surface area (Å²) in [6.45, 7) is 0. The normalized spacial score (nSPS) is 11.6. The average Bonchev–Trinajstić information content (AvgIpc) is 2.79. The summed E-state index contributed by atoms with van der Waals surface area (Å²) in [6, 6.07) is 0. The van der Waals surface area contributed by atoms with E-state index in [4.69, 9.17) is 4.42 Å². The Hall–Kier alpha value is -2.19. The van der Waals surface area contributed by atoms with Crippen molar-refractivity contribution in [1.29, 1.82) is 0 Å². The standard InChI is InChI=1S/C9H5F4N3O2/c1-17-8-5(9(11,12)13)6(10)15-7(16-8)4-2-14-3-18-4/h2-3H,1H3. The number of alkyl halides is 3. The molecule has 0 unspecified atom stereocenters. The Kier molecular flexibility index (Phi) is 2.89. The van der Waals surface area contributed by atoms with Crippen molar-refractivity contribution < 1.29 is 26.7 Å². The van der Waals surface area contributed by atoms with Gasteiger partial charge < -0.3 is 9.15 Å². The number of hydrogen-bond acceptors (Lipinski definition) is 5. The highest BCUT2D eigenvalue weighted by atomic mass is 19.4. The lowest BCUT2D eigenvalue weighted by atomic mass is 10.3. The number of methoxy groups -OCH3 is 1. The molecule has 2 aromatic heterocycles. The first-order chi connectivity index (χ1) is 8.43. The maximum Gasteiger partial charge on any atom is 0.426 e. The first-order valence-electron chi connectivity index (χ1n) is 4.51. The van der Waals surface area contributed by atoms with Gasteiger partial charge in [-0.3, -0.25) is 0 Å². The molecule has 0 aliphatic rings. The molecule has 0 N–H and O–H groups in total. The maximum atomic E-state index is 13.4. The van der Waals surface area contributed by atoms with Gasteiger partial charge in [0.1, 0.15) is 0 Å². The third-order valence-corrected chi connectivity index (χ3v) is 1.96. The highest BCUT2D eigenvalue weighted by Gasteiger charge is 2.40. The van der Waals surface area contributed by atoms with Crippen LogP contribution in [-0.2, 0) is 6.18 Å². The van der Waals surface area contributed by atoms with Gasteiger partial charge in [0.05, 0.1) is 13.3 Å².